The maximum atomic E-state index is 14.9. The summed E-state index contributed by atoms with van der Waals surface area (Å²) >= 11 is 0. The van der Waals surface area contributed by atoms with Gasteiger partial charge in [-0.25, -0.2) is 4.39 Å². The van der Waals surface area contributed by atoms with Crippen molar-refractivity contribution in [2.75, 3.05) is 0 Å². The average Bonchev–Trinajstić information content (AvgIpc) is 2.74. The molecule has 4 atom stereocenters. The van der Waals surface area contributed by atoms with Crippen molar-refractivity contribution in [2.45, 2.75) is 96.8 Å². The topological polar surface area (TPSA) is 37.3 Å². The highest BCUT2D eigenvalue weighted by atomic mass is 19.1. The maximum absolute atomic E-state index is 14.9. The lowest BCUT2D eigenvalue weighted by molar-refractivity contribution is -0.151. The van der Waals surface area contributed by atoms with E-state index >= 15 is 0 Å². The predicted octanol–water partition coefficient (Wildman–Crippen LogP) is 7.61. The van der Waals surface area contributed by atoms with E-state index < -0.39 is 11.4 Å². The van der Waals surface area contributed by atoms with Crippen LogP contribution < -0.4 is 0 Å². The summed E-state index contributed by atoms with van der Waals surface area (Å²) in [6.07, 6.45) is 12.4. The largest absolute Gasteiger partial charge is 0.481 e. The first-order valence-electron chi connectivity index (χ1n) is 12.4. The van der Waals surface area contributed by atoms with E-state index in [-0.39, 0.29) is 17.7 Å². The van der Waals surface area contributed by atoms with Gasteiger partial charge in [-0.2, -0.15) is 0 Å². The molecule has 0 aromatic heterocycles. The van der Waals surface area contributed by atoms with Gasteiger partial charge in [0.05, 0.1) is 5.41 Å². The van der Waals surface area contributed by atoms with Crippen LogP contribution >= 0.6 is 0 Å². The van der Waals surface area contributed by atoms with E-state index in [1.54, 1.807) is 18.2 Å². The third-order valence-corrected chi connectivity index (χ3v) is 8.52. The zero-order chi connectivity index (χ0) is 21.7. The Morgan fingerprint density at radius 2 is 1.80 bits per heavy atom. The molecule has 0 spiro atoms. The minimum Gasteiger partial charge on any atom is -0.481 e. The summed E-state index contributed by atoms with van der Waals surface area (Å²) in [5.41, 5.74) is -0.675. The molecule has 168 valence electrons. The fourth-order valence-corrected chi connectivity index (χ4v) is 6.94. The molecule has 0 bridgehead atoms. The lowest BCUT2D eigenvalue weighted by Gasteiger charge is -2.49. The fourth-order valence-electron chi connectivity index (χ4n) is 6.94. The summed E-state index contributed by atoms with van der Waals surface area (Å²) < 4.78 is 14.9. The lowest BCUT2D eigenvalue weighted by Crippen LogP contribution is -2.51. The summed E-state index contributed by atoms with van der Waals surface area (Å²) in [6, 6.07) is 6.62. The SMILES string of the molecule is CCCC1CCC([C@@H]2CCC(C(=O)O)(c3ccccc3F)[C@@H](C(C)CCC)C2)CC1. The maximum Gasteiger partial charge on any atom is 0.314 e. The summed E-state index contributed by atoms with van der Waals surface area (Å²) in [4.78, 5) is 12.8. The molecule has 0 aliphatic heterocycles. The fraction of sp³-hybridized carbons (Fsp3) is 0.741. The number of hydrogen-bond acceptors (Lipinski definition) is 1. The number of rotatable bonds is 8. The number of aliphatic carboxylic acids is 1. The summed E-state index contributed by atoms with van der Waals surface area (Å²) in [5, 5.41) is 10.5. The molecular formula is C27H41FO2. The lowest BCUT2D eigenvalue weighted by atomic mass is 9.54. The molecule has 2 nitrogen and oxygen atoms in total. The summed E-state index contributed by atoms with van der Waals surface area (Å²) in [7, 11) is 0. The highest BCUT2D eigenvalue weighted by Gasteiger charge is 2.54. The monoisotopic (exact) mass is 416 g/mol. The molecule has 0 radical (unpaired) electrons. The first kappa shape index (κ1) is 23.3. The smallest absolute Gasteiger partial charge is 0.314 e. The normalized spacial score (nSPS) is 33.2. The highest BCUT2D eigenvalue weighted by molar-refractivity contribution is 5.82. The van der Waals surface area contributed by atoms with Crippen LogP contribution in [0.4, 0.5) is 4.39 Å². The molecule has 2 fully saturated rings. The number of benzene rings is 1. The molecule has 2 saturated carbocycles. The van der Waals surface area contributed by atoms with E-state index in [0.29, 0.717) is 17.9 Å². The average molecular weight is 417 g/mol. The van der Waals surface area contributed by atoms with Crippen LogP contribution in [0.1, 0.15) is 97.0 Å². The van der Waals surface area contributed by atoms with Crippen molar-refractivity contribution < 1.29 is 14.3 Å². The van der Waals surface area contributed by atoms with Gasteiger partial charge in [-0.15, -0.1) is 0 Å². The Morgan fingerprint density at radius 3 is 2.40 bits per heavy atom. The van der Waals surface area contributed by atoms with Crippen molar-refractivity contribution in [3.05, 3.63) is 35.6 Å². The molecule has 0 heterocycles. The first-order valence-corrected chi connectivity index (χ1v) is 12.4. The molecule has 1 aromatic carbocycles. The second-order valence-electron chi connectivity index (χ2n) is 10.2. The summed E-state index contributed by atoms with van der Waals surface area (Å²) in [6.45, 7) is 6.64. The Labute approximate surface area is 182 Å². The van der Waals surface area contributed by atoms with Crippen LogP contribution in [0.2, 0.25) is 0 Å². The van der Waals surface area contributed by atoms with Gasteiger partial charge in [-0.05, 0) is 67.8 Å². The third-order valence-electron chi connectivity index (χ3n) is 8.52. The van der Waals surface area contributed by atoms with Gasteiger partial charge in [-0.1, -0.05) is 77.5 Å². The van der Waals surface area contributed by atoms with Crippen molar-refractivity contribution >= 4 is 5.97 Å². The van der Waals surface area contributed by atoms with E-state index in [9.17, 15) is 14.3 Å². The van der Waals surface area contributed by atoms with E-state index in [4.69, 9.17) is 0 Å². The Bertz CT molecular complexity index is 694. The van der Waals surface area contributed by atoms with Gasteiger partial charge in [0.1, 0.15) is 5.82 Å². The van der Waals surface area contributed by atoms with Crippen LogP contribution in [0.25, 0.3) is 0 Å². The standard InChI is InChI=1S/C27H41FO2/c1-4-8-19(3)24-18-22(21-14-12-20(9-5-2)13-15-21)16-17-27(24,26(29)30)23-10-6-7-11-25(23)28/h6-7,10-11,19-22,24H,4-5,8-9,12-18H2,1-3H3,(H,29,30)/t19?,20?,21?,22-,24-,27?/m1/s1. The molecule has 1 N–H and O–H groups in total. The van der Waals surface area contributed by atoms with E-state index in [0.717, 1.165) is 37.5 Å². The molecule has 30 heavy (non-hydrogen) atoms. The highest BCUT2D eigenvalue weighted by Crippen LogP contribution is 2.53. The van der Waals surface area contributed by atoms with Gasteiger partial charge in [0.2, 0.25) is 0 Å². The van der Waals surface area contributed by atoms with Crippen molar-refractivity contribution in [1.82, 2.24) is 0 Å². The Balaban J connectivity index is 1.87. The predicted molar refractivity (Wildman–Crippen MR) is 121 cm³/mol. The van der Waals surface area contributed by atoms with Crippen LogP contribution in [-0.2, 0) is 10.2 Å². The van der Waals surface area contributed by atoms with Gasteiger partial charge in [0.15, 0.2) is 0 Å². The first-order chi connectivity index (χ1) is 14.4. The van der Waals surface area contributed by atoms with Crippen molar-refractivity contribution in [2.24, 2.45) is 29.6 Å². The van der Waals surface area contributed by atoms with Crippen molar-refractivity contribution in [3.63, 3.8) is 0 Å². The van der Waals surface area contributed by atoms with Crippen LogP contribution in [0.15, 0.2) is 24.3 Å². The van der Waals surface area contributed by atoms with Crippen molar-refractivity contribution in [1.29, 1.82) is 0 Å². The minimum absolute atomic E-state index is 0.000958. The third kappa shape index (κ3) is 4.60. The molecule has 2 aliphatic carbocycles. The number of carbonyl (C=O) groups is 1. The second kappa shape index (κ2) is 10.3. The number of carboxylic acid groups (broad SMARTS) is 1. The number of carboxylic acids is 1. The van der Waals surface area contributed by atoms with Crippen LogP contribution in [0.5, 0.6) is 0 Å². The van der Waals surface area contributed by atoms with E-state index in [1.807, 2.05) is 0 Å². The second-order valence-corrected chi connectivity index (χ2v) is 10.2. The van der Waals surface area contributed by atoms with Crippen LogP contribution in [0.3, 0.4) is 0 Å². The molecule has 3 rings (SSSR count). The zero-order valence-corrected chi connectivity index (χ0v) is 19.2. The molecular weight excluding hydrogens is 375 g/mol. The summed E-state index contributed by atoms with van der Waals surface area (Å²) in [5.74, 6) is 1.31. The number of hydrogen-bond donors (Lipinski definition) is 1. The Hall–Kier alpha value is -1.38. The van der Waals surface area contributed by atoms with Gasteiger partial charge in [0, 0.05) is 5.56 Å². The number of halogens is 1. The quantitative estimate of drug-likeness (QED) is 0.473. The molecule has 3 heteroatoms. The van der Waals surface area contributed by atoms with Crippen LogP contribution in [0, 0.1) is 35.4 Å². The molecule has 2 aliphatic rings. The van der Waals surface area contributed by atoms with Gasteiger partial charge in [0.25, 0.3) is 0 Å². The van der Waals surface area contributed by atoms with Gasteiger partial charge in [-0.3, -0.25) is 4.79 Å². The minimum atomic E-state index is -1.09. The molecule has 0 amide bonds. The Kier molecular flexibility index (Phi) is 7.98. The van der Waals surface area contributed by atoms with E-state index in [1.165, 1.54) is 44.6 Å². The zero-order valence-electron chi connectivity index (χ0n) is 19.2. The Morgan fingerprint density at radius 1 is 1.10 bits per heavy atom. The van der Waals surface area contributed by atoms with Gasteiger partial charge < -0.3 is 5.11 Å². The molecule has 2 unspecified atom stereocenters. The van der Waals surface area contributed by atoms with E-state index in [2.05, 4.69) is 20.8 Å². The van der Waals surface area contributed by atoms with Crippen LogP contribution in [-0.4, -0.2) is 11.1 Å². The van der Waals surface area contributed by atoms with Crippen molar-refractivity contribution in [3.8, 4) is 0 Å². The molecule has 0 saturated heterocycles. The molecule has 1 aromatic rings. The van der Waals surface area contributed by atoms with Gasteiger partial charge >= 0.3 is 5.97 Å².